The number of pyridine rings is 1. The van der Waals surface area contributed by atoms with Crippen LogP contribution < -0.4 is 9.47 Å². The summed E-state index contributed by atoms with van der Waals surface area (Å²) in [6, 6.07) is 12.3. The van der Waals surface area contributed by atoms with Gasteiger partial charge < -0.3 is 19.3 Å². The summed E-state index contributed by atoms with van der Waals surface area (Å²) in [6.45, 7) is 0. The number of ether oxygens (including phenoxy) is 3. The molecule has 1 fully saturated rings. The van der Waals surface area contributed by atoms with Gasteiger partial charge in [0.05, 0.1) is 43.7 Å². The SMILES string of the molecule is COC(=O)[C@@H]1C(c2ccccc2)[C@]2(c3ccc(C(F)(F)F)cc3)Oc3cncc(OC)c3[C@@]1(O)C2=O. The van der Waals surface area contributed by atoms with E-state index in [1.807, 2.05) is 0 Å². The third-order valence-electron chi connectivity index (χ3n) is 6.91. The molecule has 186 valence electrons. The second-order valence-electron chi connectivity index (χ2n) is 8.61. The lowest BCUT2D eigenvalue weighted by Crippen LogP contribution is -2.51. The van der Waals surface area contributed by atoms with Gasteiger partial charge in [-0.1, -0.05) is 42.5 Å². The number of esters is 1. The summed E-state index contributed by atoms with van der Waals surface area (Å²) in [7, 11) is 2.43. The van der Waals surface area contributed by atoms with Crippen molar-refractivity contribution >= 4 is 11.8 Å². The van der Waals surface area contributed by atoms with Crippen molar-refractivity contribution in [1.82, 2.24) is 4.98 Å². The van der Waals surface area contributed by atoms with Crippen molar-refractivity contribution in [2.45, 2.75) is 23.3 Å². The molecule has 2 heterocycles. The quantitative estimate of drug-likeness (QED) is 0.547. The number of carbonyl (C=O) groups excluding carboxylic acids is 2. The van der Waals surface area contributed by atoms with E-state index in [9.17, 15) is 27.9 Å². The molecule has 4 atom stereocenters. The van der Waals surface area contributed by atoms with Crippen molar-refractivity contribution in [2.24, 2.45) is 5.92 Å². The summed E-state index contributed by atoms with van der Waals surface area (Å²) in [4.78, 5) is 31.6. The minimum absolute atomic E-state index is 0.00647. The molecule has 0 spiro atoms. The van der Waals surface area contributed by atoms with Gasteiger partial charge in [0, 0.05) is 5.56 Å². The van der Waals surface area contributed by atoms with Crippen LogP contribution in [-0.2, 0) is 31.7 Å². The molecule has 2 aliphatic rings. The molecule has 0 radical (unpaired) electrons. The smallest absolute Gasteiger partial charge is 0.416 e. The number of hydrogen-bond acceptors (Lipinski definition) is 7. The third kappa shape index (κ3) is 3.07. The number of ketones is 1. The van der Waals surface area contributed by atoms with E-state index >= 15 is 0 Å². The van der Waals surface area contributed by atoms with E-state index in [-0.39, 0.29) is 22.6 Å². The minimum Gasteiger partial charge on any atom is -0.495 e. The van der Waals surface area contributed by atoms with Gasteiger partial charge in [-0.15, -0.1) is 0 Å². The van der Waals surface area contributed by atoms with Crippen LogP contribution in [0.5, 0.6) is 11.5 Å². The maximum Gasteiger partial charge on any atom is 0.416 e. The molecule has 7 nitrogen and oxygen atoms in total. The number of rotatable bonds is 4. The van der Waals surface area contributed by atoms with E-state index in [2.05, 4.69) is 4.98 Å². The van der Waals surface area contributed by atoms with Crippen LogP contribution in [0.2, 0.25) is 0 Å². The van der Waals surface area contributed by atoms with Gasteiger partial charge in [-0.25, -0.2) is 0 Å². The zero-order chi connectivity index (χ0) is 25.9. The van der Waals surface area contributed by atoms with Gasteiger partial charge in [0.15, 0.2) is 5.60 Å². The number of aromatic nitrogens is 1. The van der Waals surface area contributed by atoms with E-state index in [0.29, 0.717) is 5.56 Å². The summed E-state index contributed by atoms with van der Waals surface area (Å²) >= 11 is 0. The number of halogens is 3. The Morgan fingerprint density at radius 3 is 2.31 bits per heavy atom. The fraction of sp³-hybridized carbons (Fsp3) is 0.269. The van der Waals surface area contributed by atoms with Gasteiger partial charge in [-0.2, -0.15) is 13.2 Å². The Balaban J connectivity index is 1.86. The van der Waals surface area contributed by atoms with Crippen LogP contribution in [0.3, 0.4) is 0 Å². The number of methoxy groups -OCH3 is 2. The van der Waals surface area contributed by atoms with Crippen LogP contribution >= 0.6 is 0 Å². The first-order valence-corrected chi connectivity index (χ1v) is 10.9. The van der Waals surface area contributed by atoms with Gasteiger partial charge >= 0.3 is 12.1 Å². The van der Waals surface area contributed by atoms with E-state index in [1.165, 1.54) is 19.5 Å². The molecule has 1 saturated carbocycles. The fourth-order valence-corrected chi connectivity index (χ4v) is 5.42. The molecule has 5 rings (SSSR count). The van der Waals surface area contributed by atoms with Gasteiger partial charge in [0.1, 0.15) is 17.4 Å². The van der Waals surface area contributed by atoms with Crippen molar-refractivity contribution in [3.63, 3.8) is 0 Å². The van der Waals surface area contributed by atoms with Gasteiger partial charge in [-0.05, 0) is 17.7 Å². The third-order valence-corrected chi connectivity index (χ3v) is 6.91. The fourth-order valence-electron chi connectivity index (χ4n) is 5.42. The van der Waals surface area contributed by atoms with Crippen molar-refractivity contribution in [1.29, 1.82) is 0 Å². The topological polar surface area (TPSA) is 95.0 Å². The standard InChI is InChI=1S/C26H20F3NO6/c1-34-17-12-30-13-18-20(17)24(33)21(22(31)35-2)19(14-6-4-3-5-7-14)25(36-18,23(24)32)15-8-10-16(11-9-15)26(27,28)29/h3-13,19,21,33H,1-2H3/t19?,21-,24-,25-/m0/s1. The highest BCUT2D eigenvalue weighted by Crippen LogP contribution is 2.65. The Hall–Kier alpha value is -3.92. The molecule has 0 saturated heterocycles. The highest BCUT2D eigenvalue weighted by Gasteiger charge is 2.77. The van der Waals surface area contributed by atoms with Crippen LogP contribution in [-0.4, -0.2) is 36.1 Å². The molecule has 3 aromatic rings. The summed E-state index contributed by atoms with van der Waals surface area (Å²) in [5.74, 6) is -4.54. The highest BCUT2D eigenvalue weighted by atomic mass is 19.4. The number of nitrogens with zero attached hydrogens (tertiary/aromatic N) is 1. The Kier molecular flexibility index (Phi) is 5.33. The highest BCUT2D eigenvalue weighted by molar-refractivity contribution is 6.07. The molecule has 1 aliphatic heterocycles. The predicted octanol–water partition coefficient (Wildman–Crippen LogP) is 3.74. The summed E-state index contributed by atoms with van der Waals surface area (Å²) in [5, 5.41) is 12.1. The largest absolute Gasteiger partial charge is 0.495 e. The lowest BCUT2D eigenvalue weighted by molar-refractivity contribution is -0.162. The van der Waals surface area contributed by atoms with Gasteiger partial charge in [-0.3, -0.25) is 14.6 Å². The maximum atomic E-state index is 14.3. The number of alkyl halides is 3. The monoisotopic (exact) mass is 499 g/mol. The van der Waals surface area contributed by atoms with Crippen LogP contribution in [0, 0.1) is 5.92 Å². The first-order chi connectivity index (χ1) is 17.1. The Morgan fingerprint density at radius 1 is 1.06 bits per heavy atom. The first-order valence-electron chi connectivity index (χ1n) is 10.9. The molecule has 10 heteroatoms. The lowest BCUT2D eigenvalue weighted by atomic mass is 9.75. The second-order valence-corrected chi connectivity index (χ2v) is 8.61. The minimum atomic E-state index is -4.61. The number of aliphatic hydroxyl groups is 1. The first kappa shape index (κ1) is 23.8. The predicted molar refractivity (Wildman–Crippen MR) is 118 cm³/mol. The summed E-state index contributed by atoms with van der Waals surface area (Å²) in [5.41, 5.74) is -5.10. The molecular weight excluding hydrogens is 479 g/mol. The number of Topliss-reactive ketones (excluding diaryl/α,β-unsaturated/α-hetero) is 1. The lowest BCUT2D eigenvalue weighted by Gasteiger charge is -2.39. The molecule has 2 aromatic carbocycles. The molecule has 1 aliphatic carbocycles. The van der Waals surface area contributed by atoms with Gasteiger partial charge in [0.25, 0.3) is 0 Å². The van der Waals surface area contributed by atoms with Crippen molar-refractivity contribution in [3.8, 4) is 11.5 Å². The number of carbonyl (C=O) groups is 2. The second kappa shape index (κ2) is 8.06. The van der Waals surface area contributed by atoms with Crippen LogP contribution in [0.25, 0.3) is 0 Å². The van der Waals surface area contributed by atoms with Crippen molar-refractivity contribution in [3.05, 3.63) is 89.2 Å². The zero-order valence-electron chi connectivity index (χ0n) is 19.1. The zero-order valence-corrected chi connectivity index (χ0v) is 19.1. The molecule has 1 N–H and O–H groups in total. The molecule has 2 bridgehead atoms. The number of fused-ring (bicyclic) bond motifs is 4. The van der Waals surface area contributed by atoms with E-state index in [0.717, 1.165) is 31.4 Å². The van der Waals surface area contributed by atoms with Crippen molar-refractivity contribution in [2.75, 3.05) is 14.2 Å². The Labute approximate surface area is 203 Å². The summed E-state index contributed by atoms with van der Waals surface area (Å²) in [6.07, 6.45) is -2.08. The Morgan fingerprint density at radius 2 is 1.72 bits per heavy atom. The van der Waals surface area contributed by atoms with Gasteiger partial charge in [0.2, 0.25) is 11.4 Å². The average molecular weight is 499 g/mol. The number of benzene rings is 2. The van der Waals surface area contributed by atoms with Crippen LogP contribution in [0.4, 0.5) is 13.2 Å². The van der Waals surface area contributed by atoms with Crippen molar-refractivity contribution < 1.29 is 42.1 Å². The molecule has 1 unspecified atom stereocenters. The van der Waals surface area contributed by atoms with Crippen LogP contribution in [0.15, 0.2) is 67.0 Å². The average Bonchev–Trinajstić information content (AvgIpc) is 3.00. The molecule has 0 amide bonds. The molecule has 1 aromatic heterocycles. The summed E-state index contributed by atoms with van der Waals surface area (Å²) < 4.78 is 56.6. The number of hydrogen-bond donors (Lipinski definition) is 1. The van der Waals surface area contributed by atoms with E-state index in [1.54, 1.807) is 30.3 Å². The molecular formula is C26H20F3NO6. The van der Waals surface area contributed by atoms with E-state index in [4.69, 9.17) is 14.2 Å². The van der Waals surface area contributed by atoms with Crippen LogP contribution in [0.1, 0.15) is 28.2 Å². The normalized spacial score (nSPS) is 26.7. The molecule has 36 heavy (non-hydrogen) atoms. The maximum absolute atomic E-state index is 14.3. The van der Waals surface area contributed by atoms with E-state index < -0.39 is 46.5 Å². The Bertz CT molecular complexity index is 1340.